The Bertz CT molecular complexity index is 185. The van der Waals surface area contributed by atoms with Gasteiger partial charge >= 0.3 is 0 Å². The quantitative estimate of drug-likeness (QED) is 0.642. The van der Waals surface area contributed by atoms with Crippen LogP contribution in [0.2, 0.25) is 0 Å². The number of nitrogens with one attached hydrogen (secondary N) is 1. The summed E-state index contributed by atoms with van der Waals surface area (Å²) in [6.07, 6.45) is 10.8. The summed E-state index contributed by atoms with van der Waals surface area (Å²) in [6.45, 7) is 4.26. The molecule has 2 heteroatoms. The highest BCUT2D eigenvalue weighted by atomic mass is 16.1. The van der Waals surface area contributed by atoms with Crippen LogP contribution in [0, 0.1) is 5.92 Å². The van der Waals surface area contributed by atoms with Crippen molar-refractivity contribution in [2.45, 2.75) is 64.7 Å². The number of rotatable bonds is 8. The monoisotopic (exact) mass is 225 g/mol. The molecule has 2 nitrogen and oxygen atoms in total. The van der Waals surface area contributed by atoms with Crippen LogP contribution in [0.5, 0.6) is 0 Å². The smallest absolute Gasteiger partial charge is 0.137 e. The van der Waals surface area contributed by atoms with Gasteiger partial charge < -0.3 is 5.32 Å². The van der Waals surface area contributed by atoms with Crippen molar-refractivity contribution in [3.8, 4) is 0 Å². The molecule has 1 N–H and O–H groups in total. The van der Waals surface area contributed by atoms with E-state index in [1.54, 1.807) is 0 Å². The van der Waals surface area contributed by atoms with Crippen LogP contribution < -0.4 is 5.32 Å². The summed E-state index contributed by atoms with van der Waals surface area (Å²) >= 11 is 0. The minimum atomic E-state index is 0.324. The summed E-state index contributed by atoms with van der Waals surface area (Å²) in [4.78, 5) is 11.8. The molecule has 0 aromatic rings. The van der Waals surface area contributed by atoms with E-state index in [2.05, 4.69) is 12.2 Å². The van der Waals surface area contributed by atoms with Crippen molar-refractivity contribution < 1.29 is 4.79 Å². The molecule has 1 aliphatic rings. The van der Waals surface area contributed by atoms with Gasteiger partial charge in [0.25, 0.3) is 0 Å². The highest BCUT2D eigenvalue weighted by Crippen LogP contribution is 2.15. The summed E-state index contributed by atoms with van der Waals surface area (Å²) in [5.74, 6) is 0.826. The lowest BCUT2D eigenvalue weighted by molar-refractivity contribution is -0.123. The fraction of sp³-hybridized carbons (Fsp3) is 0.929. The van der Waals surface area contributed by atoms with Gasteiger partial charge in [-0.15, -0.1) is 0 Å². The number of carbonyl (C=O) groups is 1. The number of hydrogen-bond donors (Lipinski definition) is 1. The Hall–Kier alpha value is -0.370. The molecule has 1 unspecified atom stereocenters. The molecule has 0 aliphatic carbocycles. The fourth-order valence-electron chi connectivity index (χ4n) is 2.41. The number of piperidine rings is 1. The van der Waals surface area contributed by atoms with Gasteiger partial charge in [-0.3, -0.25) is 4.79 Å². The lowest BCUT2D eigenvalue weighted by Gasteiger charge is -2.21. The third-order valence-electron chi connectivity index (χ3n) is 3.53. The van der Waals surface area contributed by atoms with E-state index in [0.717, 1.165) is 32.4 Å². The van der Waals surface area contributed by atoms with Gasteiger partial charge in [0.2, 0.25) is 0 Å². The van der Waals surface area contributed by atoms with Gasteiger partial charge in [0.05, 0.1) is 0 Å². The van der Waals surface area contributed by atoms with Crippen LogP contribution in [0.15, 0.2) is 0 Å². The third kappa shape index (κ3) is 5.64. The van der Waals surface area contributed by atoms with Gasteiger partial charge in [-0.25, -0.2) is 0 Å². The van der Waals surface area contributed by atoms with Crippen molar-refractivity contribution in [1.82, 2.24) is 5.32 Å². The van der Waals surface area contributed by atoms with E-state index in [1.165, 1.54) is 38.5 Å². The van der Waals surface area contributed by atoms with Crippen LogP contribution >= 0.6 is 0 Å². The first-order chi connectivity index (χ1) is 7.84. The molecule has 1 saturated heterocycles. The van der Waals surface area contributed by atoms with Crippen LogP contribution in [0.25, 0.3) is 0 Å². The van der Waals surface area contributed by atoms with Crippen molar-refractivity contribution in [3.63, 3.8) is 0 Å². The molecule has 1 heterocycles. The van der Waals surface area contributed by atoms with E-state index < -0.39 is 0 Å². The molecule has 0 bridgehead atoms. The molecule has 0 aromatic heterocycles. The molecule has 0 amide bonds. The van der Waals surface area contributed by atoms with Crippen molar-refractivity contribution in [2.75, 3.05) is 13.1 Å². The molecular formula is C14H27NO. The predicted octanol–water partition coefficient (Wildman–Crippen LogP) is 3.31. The van der Waals surface area contributed by atoms with Crippen molar-refractivity contribution in [1.29, 1.82) is 0 Å². The SMILES string of the molecule is CCCCCCCCC(=O)C1CCCNC1. The van der Waals surface area contributed by atoms with E-state index in [1.807, 2.05) is 0 Å². The van der Waals surface area contributed by atoms with E-state index in [9.17, 15) is 4.79 Å². The van der Waals surface area contributed by atoms with Crippen molar-refractivity contribution in [3.05, 3.63) is 0 Å². The maximum atomic E-state index is 11.8. The van der Waals surface area contributed by atoms with E-state index in [-0.39, 0.29) is 0 Å². The second-order valence-electron chi connectivity index (χ2n) is 5.03. The number of hydrogen-bond acceptors (Lipinski definition) is 2. The molecule has 1 aliphatic heterocycles. The van der Waals surface area contributed by atoms with Gasteiger partial charge in [-0.1, -0.05) is 39.0 Å². The van der Waals surface area contributed by atoms with E-state index in [0.29, 0.717) is 11.7 Å². The molecule has 0 saturated carbocycles. The summed E-state index contributed by atoms with van der Waals surface area (Å²) in [5, 5.41) is 3.31. The molecule has 0 radical (unpaired) electrons. The topological polar surface area (TPSA) is 29.1 Å². The van der Waals surface area contributed by atoms with Crippen molar-refractivity contribution >= 4 is 5.78 Å². The van der Waals surface area contributed by atoms with Gasteiger partial charge in [-0.2, -0.15) is 0 Å². The van der Waals surface area contributed by atoms with Gasteiger partial charge in [0.1, 0.15) is 5.78 Å². The molecule has 1 atom stereocenters. The Labute approximate surface area is 100 Å². The maximum Gasteiger partial charge on any atom is 0.137 e. The first kappa shape index (κ1) is 13.7. The lowest BCUT2D eigenvalue weighted by atomic mass is 9.92. The third-order valence-corrected chi connectivity index (χ3v) is 3.53. The Morgan fingerprint density at radius 3 is 2.62 bits per heavy atom. The maximum absolute atomic E-state index is 11.8. The molecule has 1 rings (SSSR count). The van der Waals surface area contributed by atoms with Crippen LogP contribution in [-0.2, 0) is 4.79 Å². The zero-order valence-corrected chi connectivity index (χ0v) is 10.8. The largest absolute Gasteiger partial charge is 0.316 e. The van der Waals surface area contributed by atoms with Gasteiger partial charge in [0, 0.05) is 18.9 Å². The molecule has 0 spiro atoms. The molecule has 0 aromatic carbocycles. The highest BCUT2D eigenvalue weighted by Gasteiger charge is 2.19. The van der Waals surface area contributed by atoms with Crippen LogP contribution in [0.4, 0.5) is 0 Å². The zero-order chi connectivity index (χ0) is 11.6. The number of unbranched alkanes of at least 4 members (excludes halogenated alkanes) is 5. The molecular weight excluding hydrogens is 198 g/mol. The first-order valence-corrected chi connectivity index (χ1v) is 7.08. The molecule has 16 heavy (non-hydrogen) atoms. The van der Waals surface area contributed by atoms with Gasteiger partial charge in [0.15, 0.2) is 0 Å². The number of carbonyl (C=O) groups excluding carboxylic acids is 1. The minimum absolute atomic E-state index is 0.324. The summed E-state index contributed by atoms with van der Waals surface area (Å²) < 4.78 is 0. The van der Waals surface area contributed by atoms with E-state index in [4.69, 9.17) is 0 Å². The number of ketones is 1. The standard InChI is InChI=1S/C14H27NO/c1-2-3-4-5-6-7-10-14(16)13-9-8-11-15-12-13/h13,15H,2-12H2,1H3. The first-order valence-electron chi connectivity index (χ1n) is 7.08. The van der Waals surface area contributed by atoms with Crippen molar-refractivity contribution in [2.24, 2.45) is 5.92 Å². The fourth-order valence-corrected chi connectivity index (χ4v) is 2.41. The summed E-state index contributed by atoms with van der Waals surface area (Å²) in [6, 6.07) is 0. The lowest BCUT2D eigenvalue weighted by Crippen LogP contribution is -2.34. The zero-order valence-electron chi connectivity index (χ0n) is 10.8. The second-order valence-corrected chi connectivity index (χ2v) is 5.03. The van der Waals surface area contributed by atoms with E-state index >= 15 is 0 Å². The average Bonchev–Trinajstić information content (AvgIpc) is 2.34. The Kier molecular flexibility index (Phi) is 7.48. The van der Waals surface area contributed by atoms with Gasteiger partial charge in [-0.05, 0) is 25.8 Å². The number of Topliss-reactive ketones (excluding diaryl/α,β-unsaturated/α-hetero) is 1. The highest BCUT2D eigenvalue weighted by molar-refractivity contribution is 5.81. The Balaban J connectivity index is 1.97. The normalized spacial score (nSPS) is 20.9. The predicted molar refractivity (Wildman–Crippen MR) is 68.6 cm³/mol. The summed E-state index contributed by atoms with van der Waals surface area (Å²) in [7, 11) is 0. The average molecular weight is 225 g/mol. The Morgan fingerprint density at radius 2 is 1.94 bits per heavy atom. The van der Waals surface area contributed by atoms with Crippen LogP contribution in [0.3, 0.4) is 0 Å². The second kappa shape index (κ2) is 8.74. The molecule has 1 fully saturated rings. The minimum Gasteiger partial charge on any atom is -0.316 e. The van der Waals surface area contributed by atoms with Crippen LogP contribution in [0.1, 0.15) is 64.7 Å². The Morgan fingerprint density at radius 1 is 1.19 bits per heavy atom. The van der Waals surface area contributed by atoms with Crippen LogP contribution in [-0.4, -0.2) is 18.9 Å². The summed E-state index contributed by atoms with van der Waals surface area (Å²) in [5.41, 5.74) is 0. The molecule has 94 valence electrons.